The molecule has 0 aromatic heterocycles. The van der Waals surface area contributed by atoms with Crippen molar-refractivity contribution in [2.24, 2.45) is 0 Å². The van der Waals surface area contributed by atoms with Gasteiger partial charge in [0.25, 0.3) is 0 Å². The van der Waals surface area contributed by atoms with Gasteiger partial charge in [0.15, 0.2) is 0 Å². The molecule has 0 heterocycles. The van der Waals surface area contributed by atoms with Gasteiger partial charge in [0, 0.05) is 8.95 Å². The second kappa shape index (κ2) is 8.45. The van der Waals surface area contributed by atoms with Gasteiger partial charge in [0.1, 0.15) is 0 Å². The largest absolute Gasteiger partial charge is 1.00 e. The van der Waals surface area contributed by atoms with Crippen LogP contribution in [0.2, 0.25) is 0 Å². The zero-order chi connectivity index (χ0) is 16.8. The molecule has 6 heteroatoms. The smallest absolute Gasteiger partial charge is 0.872 e. The van der Waals surface area contributed by atoms with Crippen molar-refractivity contribution in [3.8, 4) is 22.6 Å². The molecular formula is C20H10Br2Li2O2. The third kappa shape index (κ3) is 3.74. The van der Waals surface area contributed by atoms with E-state index < -0.39 is 0 Å². The Labute approximate surface area is 192 Å². The summed E-state index contributed by atoms with van der Waals surface area (Å²) in [5, 5.41) is 28.7. The Kier molecular flexibility index (Phi) is 6.97. The maximum atomic E-state index is 12.6. The summed E-state index contributed by atoms with van der Waals surface area (Å²) in [6.45, 7) is 0. The summed E-state index contributed by atoms with van der Waals surface area (Å²) in [4.78, 5) is 0. The second-order valence-electron chi connectivity index (χ2n) is 5.61. The van der Waals surface area contributed by atoms with Crippen molar-refractivity contribution in [2.75, 3.05) is 0 Å². The van der Waals surface area contributed by atoms with Gasteiger partial charge >= 0.3 is 37.7 Å². The molecule has 0 saturated heterocycles. The van der Waals surface area contributed by atoms with Gasteiger partial charge in [0.2, 0.25) is 0 Å². The monoisotopic (exact) mass is 454 g/mol. The third-order valence-corrected chi connectivity index (χ3v) is 5.12. The molecule has 4 aromatic rings. The second-order valence-corrected chi connectivity index (χ2v) is 7.44. The van der Waals surface area contributed by atoms with Crippen LogP contribution >= 0.6 is 31.9 Å². The van der Waals surface area contributed by atoms with Crippen molar-refractivity contribution in [3.05, 3.63) is 69.6 Å². The normalized spacial score (nSPS) is 10.4. The van der Waals surface area contributed by atoms with E-state index in [-0.39, 0.29) is 49.2 Å². The molecule has 4 aromatic carbocycles. The predicted molar refractivity (Wildman–Crippen MR) is 101 cm³/mol. The molecule has 0 aliphatic carbocycles. The maximum Gasteiger partial charge on any atom is 1.00 e. The topological polar surface area (TPSA) is 46.1 Å². The molecule has 0 amide bonds. The van der Waals surface area contributed by atoms with Crippen molar-refractivity contribution in [1.29, 1.82) is 0 Å². The van der Waals surface area contributed by atoms with Crippen LogP contribution in [0.15, 0.2) is 69.6 Å². The predicted octanol–water partition coefficient (Wildman–Crippen LogP) is -0.660. The SMILES string of the molecule is [Li+].[Li+].[O-]c1ccc2cc(Br)ccc2c1-c1c([O-])ccc2cc(Br)ccc12. The van der Waals surface area contributed by atoms with E-state index in [9.17, 15) is 10.2 Å². The van der Waals surface area contributed by atoms with Crippen LogP contribution in [0.1, 0.15) is 0 Å². The van der Waals surface area contributed by atoms with E-state index in [0.29, 0.717) is 11.1 Å². The summed E-state index contributed by atoms with van der Waals surface area (Å²) in [6.07, 6.45) is 0. The standard InChI is InChI=1S/C20H12Br2O2.2Li/c21-13-3-5-15-11(9-13)1-7-17(23)19(15)20-16-6-4-14(22)10-12(16)2-8-18(20)24;;/h1-10,23-24H;;/q;2*+1/p-2. The van der Waals surface area contributed by atoms with Crippen molar-refractivity contribution in [3.63, 3.8) is 0 Å². The molecule has 26 heavy (non-hydrogen) atoms. The Morgan fingerprint density at radius 1 is 0.538 bits per heavy atom. The molecule has 4 rings (SSSR count). The molecule has 2 nitrogen and oxygen atoms in total. The molecule has 0 bridgehead atoms. The Balaban J connectivity index is 0.00000121. The molecule has 0 fully saturated rings. The number of benzene rings is 4. The van der Waals surface area contributed by atoms with Gasteiger partial charge in [-0.3, -0.25) is 0 Å². The summed E-state index contributed by atoms with van der Waals surface area (Å²) in [7, 11) is 0. The first kappa shape index (κ1) is 21.5. The minimum atomic E-state index is -0.141. The van der Waals surface area contributed by atoms with Gasteiger partial charge in [-0.25, -0.2) is 0 Å². The van der Waals surface area contributed by atoms with Crippen LogP contribution in [0.5, 0.6) is 11.5 Å². The van der Waals surface area contributed by atoms with Gasteiger partial charge in [-0.15, -0.1) is 11.5 Å². The average molecular weight is 456 g/mol. The molecule has 118 valence electrons. The van der Waals surface area contributed by atoms with Crippen LogP contribution in [0, 0.1) is 0 Å². The summed E-state index contributed by atoms with van der Waals surface area (Å²) in [5.74, 6) is -0.283. The van der Waals surface area contributed by atoms with Gasteiger partial charge < -0.3 is 10.2 Å². The van der Waals surface area contributed by atoms with E-state index in [1.807, 2.05) is 36.4 Å². The molecule has 0 unspecified atom stereocenters. The van der Waals surface area contributed by atoms with E-state index in [1.165, 1.54) is 12.1 Å². The number of halogens is 2. The Morgan fingerprint density at radius 3 is 1.31 bits per heavy atom. The van der Waals surface area contributed by atoms with E-state index in [4.69, 9.17) is 0 Å². The molecule has 0 saturated carbocycles. The quantitative estimate of drug-likeness (QED) is 0.358. The zero-order valence-corrected chi connectivity index (χ0v) is 17.5. The van der Waals surface area contributed by atoms with Crippen LogP contribution in [-0.2, 0) is 0 Å². The van der Waals surface area contributed by atoms with Gasteiger partial charge in [-0.05, 0) is 56.9 Å². The number of fused-ring (bicyclic) bond motifs is 2. The van der Waals surface area contributed by atoms with Crippen molar-refractivity contribution in [1.82, 2.24) is 0 Å². The first-order chi connectivity index (χ1) is 11.5. The number of hydrogen-bond donors (Lipinski definition) is 0. The van der Waals surface area contributed by atoms with Gasteiger partial charge in [0.05, 0.1) is 0 Å². The van der Waals surface area contributed by atoms with Crippen LogP contribution in [0.3, 0.4) is 0 Å². The van der Waals surface area contributed by atoms with Crippen molar-refractivity contribution < 1.29 is 47.9 Å². The number of hydrogen-bond acceptors (Lipinski definition) is 2. The summed E-state index contributed by atoms with van der Waals surface area (Å²) < 4.78 is 1.87. The molecule has 0 N–H and O–H groups in total. The molecule has 0 aliphatic heterocycles. The molecule has 0 radical (unpaired) electrons. The molecule has 0 spiro atoms. The van der Waals surface area contributed by atoms with Crippen molar-refractivity contribution >= 4 is 53.4 Å². The van der Waals surface area contributed by atoms with E-state index in [0.717, 1.165) is 30.5 Å². The van der Waals surface area contributed by atoms with E-state index >= 15 is 0 Å². The fourth-order valence-electron chi connectivity index (χ4n) is 3.08. The summed E-state index contributed by atoms with van der Waals surface area (Å²) in [6, 6.07) is 18.1. The van der Waals surface area contributed by atoms with Gasteiger partial charge in [-0.2, -0.15) is 0 Å². The molecule has 0 atom stereocenters. The summed E-state index contributed by atoms with van der Waals surface area (Å²) >= 11 is 6.90. The van der Waals surface area contributed by atoms with Crippen LogP contribution in [-0.4, -0.2) is 0 Å². The minimum absolute atomic E-state index is 0. The zero-order valence-electron chi connectivity index (χ0n) is 14.3. The Bertz CT molecular complexity index is 1020. The first-order valence-corrected chi connectivity index (χ1v) is 8.92. The Morgan fingerprint density at radius 2 is 0.923 bits per heavy atom. The third-order valence-electron chi connectivity index (χ3n) is 4.14. The molecule has 0 aliphatic rings. The number of rotatable bonds is 1. The summed E-state index contributed by atoms with van der Waals surface area (Å²) in [5.41, 5.74) is 0.941. The molecular weight excluding hydrogens is 446 g/mol. The van der Waals surface area contributed by atoms with Crippen LogP contribution in [0.25, 0.3) is 32.7 Å². The van der Waals surface area contributed by atoms with E-state index in [2.05, 4.69) is 31.9 Å². The average Bonchev–Trinajstić information content (AvgIpc) is 2.56. The fraction of sp³-hybridized carbons (Fsp3) is 0. The van der Waals surface area contributed by atoms with Crippen molar-refractivity contribution in [2.45, 2.75) is 0 Å². The van der Waals surface area contributed by atoms with Gasteiger partial charge in [-0.1, -0.05) is 68.3 Å². The Hall–Kier alpha value is -0.845. The van der Waals surface area contributed by atoms with Crippen LogP contribution in [0.4, 0.5) is 0 Å². The fourth-order valence-corrected chi connectivity index (χ4v) is 3.83. The first-order valence-electron chi connectivity index (χ1n) is 7.33. The van der Waals surface area contributed by atoms with E-state index in [1.54, 1.807) is 12.1 Å². The maximum absolute atomic E-state index is 12.6. The van der Waals surface area contributed by atoms with Crippen LogP contribution < -0.4 is 47.9 Å². The minimum Gasteiger partial charge on any atom is -0.872 e.